The third-order valence-corrected chi connectivity index (χ3v) is 13.6. The molecule has 1 atom stereocenters. The van der Waals surface area contributed by atoms with Crippen molar-refractivity contribution in [3.63, 3.8) is 0 Å². The summed E-state index contributed by atoms with van der Waals surface area (Å²) in [5.41, 5.74) is 0. The van der Waals surface area contributed by atoms with Crippen molar-refractivity contribution in [2.45, 2.75) is 316 Å². The lowest BCUT2D eigenvalue weighted by Crippen LogP contribution is -2.30. The van der Waals surface area contributed by atoms with Gasteiger partial charge in [0, 0.05) is 19.3 Å². The smallest absolute Gasteiger partial charge is 0.306 e. The number of rotatable bonds is 57. The number of unbranched alkanes of at least 4 members (excludes halogenated alkanes) is 32. The second-order valence-corrected chi connectivity index (χ2v) is 20.9. The van der Waals surface area contributed by atoms with Gasteiger partial charge in [-0.25, -0.2) is 0 Å². The Bertz CT molecular complexity index is 1420. The summed E-state index contributed by atoms with van der Waals surface area (Å²) in [6.07, 6.45) is 81.5. The molecule has 0 aliphatic rings. The molecule has 0 amide bonds. The highest BCUT2D eigenvalue weighted by atomic mass is 16.6. The van der Waals surface area contributed by atoms with E-state index in [0.29, 0.717) is 19.3 Å². The first kappa shape index (κ1) is 70.6. The first-order valence-corrected chi connectivity index (χ1v) is 31.6. The van der Waals surface area contributed by atoms with Crippen LogP contribution in [0.15, 0.2) is 85.1 Å². The van der Waals surface area contributed by atoms with Gasteiger partial charge in [0.15, 0.2) is 6.10 Å². The van der Waals surface area contributed by atoms with Crippen LogP contribution in [0, 0.1) is 0 Å². The van der Waals surface area contributed by atoms with Gasteiger partial charge in [-0.2, -0.15) is 0 Å². The van der Waals surface area contributed by atoms with Crippen LogP contribution in [0.5, 0.6) is 0 Å². The van der Waals surface area contributed by atoms with Crippen LogP contribution in [-0.4, -0.2) is 37.2 Å². The van der Waals surface area contributed by atoms with E-state index in [0.717, 1.165) is 122 Å². The summed E-state index contributed by atoms with van der Waals surface area (Å²) in [4.78, 5) is 38.3. The Kier molecular flexibility index (Phi) is 59.3. The molecule has 0 spiro atoms. The molecule has 1 unspecified atom stereocenters. The van der Waals surface area contributed by atoms with Gasteiger partial charge in [-0.15, -0.1) is 0 Å². The fourth-order valence-electron chi connectivity index (χ4n) is 8.91. The lowest BCUT2D eigenvalue weighted by molar-refractivity contribution is -0.167. The van der Waals surface area contributed by atoms with E-state index in [2.05, 4.69) is 106 Å². The van der Waals surface area contributed by atoms with E-state index < -0.39 is 6.10 Å². The zero-order chi connectivity index (χ0) is 53.6. The fourth-order valence-corrected chi connectivity index (χ4v) is 8.91. The van der Waals surface area contributed by atoms with Gasteiger partial charge in [0.1, 0.15) is 13.2 Å². The van der Waals surface area contributed by atoms with Crippen LogP contribution in [0.3, 0.4) is 0 Å². The number of hydrogen-bond acceptors (Lipinski definition) is 6. The molecule has 0 N–H and O–H groups in total. The molecule has 0 aromatic heterocycles. The second-order valence-electron chi connectivity index (χ2n) is 20.9. The molecule has 0 heterocycles. The van der Waals surface area contributed by atoms with Crippen LogP contribution < -0.4 is 0 Å². The van der Waals surface area contributed by atoms with Gasteiger partial charge in [-0.1, -0.05) is 279 Å². The Balaban J connectivity index is 4.35. The number of ether oxygens (including phenoxy) is 3. The molecule has 0 aromatic carbocycles. The summed E-state index contributed by atoms with van der Waals surface area (Å²) in [5.74, 6) is -0.888. The van der Waals surface area contributed by atoms with E-state index in [1.165, 1.54) is 148 Å². The minimum atomic E-state index is -0.786. The maximum atomic E-state index is 12.9. The number of carbonyl (C=O) groups is 3. The van der Waals surface area contributed by atoms with Gasteiger partial charge in [-0.3, -0.25) is 14.4 Å². The molecule has 0 bridgehead atoms. The number of allylic oxidation sites excluding steroid dienone is 14. The highest BCUT2D eigenvalue weighted by molar-refractivity contribution is 5.71. The third kappa shape index (κ3) is 59.5. The molecule has 0 saturated heterocycles. The first-order valence-electron chi connectivity index (χ1n) is 31.6. The van der Waals surface area contributed by atoms with Crippen molar-refractivity contribution in [3.05, 3.63) is 85.1 Å². The Labute approximate surface area is 458 Å². The van der Waals surface area contributed by atoms with Gasteiger partial charge in [0.05, 0.1) is 0 Å². The molecule has 0 radical (unpaired) electrons. The van der Waals surface area contributed by atoms with Gasteiger partial charge < -0.3 is 14.2 Å². The van der Waals surface area contributed by atoms with Crippen molar-refractivity contribution in [1.29, 1.82) is 0 Å². The van der Waals surface area contributed by atoms with E-state index in [1.807, 2.05) is 0 Å². The highest BCUT2D eigenvalue weighted by Crippen LogP contribution is 2.16. The molecule has 426 valence electrons. The molecule has 6 heteroatoms. The van der Waals surface area contributed by atoms with Gasteiger partial charge in [-0.05, 0) is 96.3 Å². The third-order valence-electron chi connectivity index (χ3n) is 13.6. The van der Waals surface area contributed by atoms with Crippen LogP contribution in [0.2, 0.25) is 0 Å². The second kappa shape index (κ2) is 62.1. The number of carbonyl (C=O) groups excluding carboxylic acids is 3. The minimum Gasteiger partial charge on any atom is -0.462 e. The molecule has 0 aliphatic carbocycles. The quantitative estimate of drug-likeness (QED) is 0.0261. The zero-order valence-corrected chi connectivity index (χ0v) is 48.8. The summed E-state index contributed by atoms with van der Waals surface area (Å²) in [6.45, 7) is 6.53. The van der Waals surface area contributed by atoms with Gasteiger partial charge >= 0.3 is 17.9 Å². The van der Waals surface area contributed by atoms with E-state index in [-0.39, 0.29) is 31.1 Å². The SMILES string of the molecule is CC/C=C\C/C=C\C/C=C\C/C=C\C/C=C\CCCCCCCCCCCC(=O)OCC(COC(=O)CCCCCCCCCCCCCCCCC)OC(=O)CCCCCCC/C=C\C/C=C\CCCCCC. The van der Waals surface area contributed by atoms with E-state index >= 15 is 0 Å². The van der Waals surface area contributed by atoms with Crippen LogP contribution in [-0.2, 0) is 28.6 Å². The van der Waals surface area contributed by atoms with Crippen molar-refractivity contribution in [2.24, 2.45) is 0 Å². The van der Waals surface area contributed by atoms with Gasteiger partial charge in [0.25, 0.3) is 0 Å². The molecular formula is C68H118O6. The Morgan fingerprint density at radius 2 is 0.527 bits per heavy atom. The van der Waals surface area contributed by atoms with Crippen molar-refractivity contribution in [3.8, 4) is 0 Å². The van der Waals surface area contributed by atoms with E-state index in [9.17, 15) is 14.4 Å². The van der Waals surface area contributed by atoms with E-state index in [4.69, 9.17) is 14.2 Å². The zero-order valence-electron chi connectivity index (χ0n) is 48.8. The summed E-state index contributed by atoms with van der Waals surface area (Å²) < 4.78 is 16.9. The molecule has 6 nitrogen and oxygen atoms in total. The highest BCUT2D eigenvalue weighted by Gasteiger charge is 2.19. The average molecular weight is 1030 g/mol. The molecule has 0 aromatic rings. The molecule has 0 fully saturated rings. The van der Waals surface area contributed by atoms with Crippen LogP contribution in [0.25, 0.3) is 0 Å². The maximum Gasteiger partial charge on any atom is 0.306 e. The Hall–Kier alpha value is -3.41. The largest absolute Gasteiger partial charge is 0.462 e. The van der Waals surface area contributed by atoms with Crippen molar-refractivity contribution < 1.29 is 28.6 Å². The molecular weight excluding hydrogens is 913 g/mol. The Morgan fingerprint density at radius 1 is 0.284 bits per heavy atom. The number of esters is 3. The average Bonchev–Trinajstić information content (AvgIpc) is 3.40. The lowest BCUT2D eigenvalue weighted by atomic mass is 10.0. The summed E-state index contributed by atoms with van der Waals surface area (Å²) >= 11 is 0. The fraction of sp³-hybridized carbons (Fsp3) is 0.750. The topological polar surface area (TPSA) is 78.9 Å². The summed E-state index contributed by atoms with van der Waals surface area (Å²) in [6, 6.07) is 0. The monoisotopic (exact) mass is 1030 g/mol. The van der Waals surface area contributed by atoms with Crippen LogP contribution >= 0.6 is 0 Å². The predicted octanol–water partition coefficient (Wildman–Crippen LogP) is 21.5. The predicted molar refractivity (Wildman–Crippen MR) is 321 cm³/mol. The summed E-state index contributed by atoms with van der Waals surface area (Å²) in [5, 5.41) is 0. The van der Waals surface area contributed by atoms with Crippen molar-refractivity contribution >= 4 is 17.9 Å². The molecule has 0 aliphatic heterocycles. The molecule has 0 rings (SSSR count). The standard InChI is InChI=1S/C68H118O6/c1-4-7-10-13-16-19-22-25-28-30-31-32-33-34-35-36-37-38-41-43-46-49-52-55-58-61-67(70)73-64-65(63-72-66(69)60-57-54-51-48-45-42-39-27-24-21-18-15-12-9-6-3)74-68(71)62-59-56-53-50-47-44-40-29-26-23-20-17-14-11-8-5-2/h7,10,16,19-20,23,25,28-29,31-32,34-35,40,65H,4-6,8-9,11-15,17-18,21-22,24,26-27,30,33,36-39,41-64H2,1-3H3/b10-7-,19-16-,23-20-,28-25-,32-31-,35-34-,40-29-. The van der Waals surface area contributed by atoms with Gasteiger partial charge in [0.2, 0.25) is 0 Å². The van der Waals surface area contributed by atoms with E-state index in [1.54, 1.807) is 0 Å². The van der Waals surface area contributed by atoms with Crippen LogP contribution in [0.1, 0.15) is 310 Å². The van der Waals surface area contributed by atoms with Crippen molar-refractivity contribution in [2.75, 3.05) is 13.2 Å². The van der Waals surface area contributed by atoms with Crippen LogP contribution in [0.4, 0.5) is 0 Å². The summed E-state index contributed by atoms with van der Waals surface area (Å²) in [7, 11) is 0. The maximum absolute atomic E-state index is 12.9. The first-order chi connectivity index (χ1) is 36.5. The Morgan fingerprint density at radius 3 is 0.838 bits per heavy atom. The minimum absolute atomic E-state index is 0.0811. The lowest BCUT2D eigenvalue weighted by Gasteiger charge is -2.18. The van der Waals surface area contributed by atoms with Crippen molar-refractivity contribution in [1.82, 2.24) is 0 Å². The molecule has 74 heavy (non-hydrogen) atoms. The number of hydrogen-bond donors (Lipinski definition) is 0. The normalized spacial score (nSPS) is 12.6. The molecule has 0 saturated carbocycles.